The van der Waals surface area contributed by atoms with Crippen molar-refractivity contribution in [3.8, 4) is 17.6 Å². The van der Waals surface area contributed by atoms with E-state index in [0.29, 0.717) is 22.8 Å². The fraction of sp³-hybridized carbons (Fsp3) is 0.0435. The summed E-state index contributed by atoms with van der Waals surface area (Å²) in [5.74, 6) is -1.53. The van der Waals surface area contributed by atoms with Crippen LogP contribution >= 0.6 is 34.8 Å². The summed E-state index contributed by atoms with van der Waals surface area (Å²) >= 11 is 18.2. The minimum atomic E-state index is -4.80. The van der Waals surface area contributed by atoms with Gasteiger partial charge in [-0.15, -0.1) is 0 Å². The number of nitrogens with zero attached hydrogens (tertiary/aromatic N) is 2. The first kappa shape index (κ1) is 26.8. The molecule has 0 heterocycles. The first-order valence-corrected chi connectivity index (χ1v) is 10.7. The summed E-state index contributed by atoms with van der Waals surface area (Å²) in [6, 6.07) is 12.1. The lowest BCUT2D eigenvalue weighted by Crippen LogP contribution is -2.13. The number of carbonyl (C=O) groups is 1. The smallest absolute Gasteiger partial charge is 0.416 e. The number of benzene rings is 3. The SMILES string of the molecule is N#C/C(=C\c1cc(Cl)c(Oc2ccc(C(F)(F)F)cc2[N+](=O)[O-])c(Cl)c1)C(=O)Nc1ccc(Cl)cc1. The number of ether oxygens (including phenoxy) is 1. The van der Waals surface area contributed by atoms with Gasteiger partial charge in [0.2, 0.25) is 5.75 Å². The van der Waals surface area contributed by atoms with E-state index >= 15 is 0 Å². The van der Waals surface area contributed by atoms with E-state index in [0.717, 1.165) is 6.07 Å². The van der Waals surface area contributed by atoms with Gasteiger partial charge in [0.1, 0.15) is 11.6 Å². The second-order valence-corrected chi connectivity index (χ2v) is 8.23. The second kappa shape index (κ2) is 10.9. The van der Waals surface area contributed by atoms with Crippen LogP contribution in [0.3, 0.4) is 0 Å². The highest BCUT2D eigenvalue weighted by Crippen LogP contribution is 2.42. The predicted molar refractivity (Wildman–Crippen MR) is 128 cm³/mol. The molecule has 0 spiro atoms. The Morgan fingerprint density at radius 2 is 1.67 bits per heavy atom. The minimum absolute atomic E-state index is 0.182. The molecule has 1 N–H and O–H groups in total. The number of amides is 1. The number of nitriles is 1. The highest BCUT2D eigenvalue weighted by atomic mass is 35.5. The lowest BCUT2D eigenvalue weighted by atomic mass is 10.1. The largest absolute Gasteiger partial charge is 0.447 e. The zero-order valence-electron chi connectivity index (χ0n) is 17.6. The molecule has 0 aromatic heterocycles. The monoisotopic (exact) mass is 555 g/mol. The van der Waals surface area contributed by atoms with Gasteiger partial charge < -0.3 is 10.1 Å². The van der Waals surface area contributed by atoms with Gasteiger partial charge in [-0.1, -0.05) is 34.8 Å². The van der Waals surface area contributed by atoms with E-state index in [2.05, 4.69) is 5.32 Å². The van der Waals surface area contributed by atoms with Crippen LogP contribution in [-0.2, 0) is 11.0 Å². The number of hydrogen-bond donors (Lipinski definition) is 1. The Morgan fingerprint density at radius 1 is 1.06 bits per heavy atom. The molecule has 0 saturated heterocycles. The zero-order valence-corrected chi connectivity index (χ0v) is 19.8. The van der Waals surface area contributed by atoms with Crippen molar-refractivity contribution in [1.29, 1.82) is 5.26 Å². The first-order chi connectivity index (χ1) is 16.9. The van der Waals surface area contributed by atoms with E-state index in [1.165, 1.54) is 30.3 Å². The molecule has 3 aromatic rings. The molecule has 3 rings (SSSR count). The summed E-state index contributed by atoms with van der Waals surface area (Å²) in [6.07, 6.45) is -3.61. The van der Waals surface area contributed by atoms with E-state index in [1.807, 2.05) is 0 Å². The van der Waals surface area contributed by atoms with Gasteiger partial charge in [0.15, 0.2) is 5.75 Å². The molecule has 3 aromatic carbocycles. The maximum Gasteiger partial charge on any atom is 0.416 e. The van der Waals surface area contributed by atoms with Gasteiger partial charge >= 0.3 is 11.9 Å². The van der Waals surface area contributed by atoms with Gasteiger partial charge in [0, 0.05) is 16.8 Å². The maximum atomic E-state index is 12.9. The fourth-order valence-electron chi connectivity index (χ4n) is 2.84. The predicted octanol–water partition coefficient (Wildman–Crippen LogP) is 7.91. The number of nitrogens with one attached hydrogen (secondary N) is 1. The van der Waals surface area contributed by atoms with Crippen LogP contribution in [0.4, 0.5) is 24.5 Å². The number of hydrogen-bond acceptors (Lipinski definition) is 5. The number of halogens is 6. The Morgan fingerprint density at radius 3 is 2.19 bits per heavy atom. The summed E-state index contributed by atoms with van der Waals surface area (Å²) in [6.45, 7) is 0. The molecule has 7 nitrogen and oxygen atoms in total. The number of anilines is 1. The highest BCUT2D eigenvalue weighted by molar-refractivity contribution is 6.37. The molecular formula is C23H11Cl3F3N3O4. The van der Waals surface area contributed by atoms with Gasteiger partial charge in [0.05, 0.1) is 20.5 Å². The molecule has 184 valence electrons. The third-order valence-electron chi connectivity index (χ3n) is 4.49. The van der Waals surface area contributed by atoms with Crippen LogP contribution in [0.15, 0.2) is 60.2 Å². The van der Waals surface area contributed by atoms with Crippen LogP contribution in [0.25, 0.3) is 6.08 Å². The van der Waals surface area contributed by atoms with Crippen molar-refractivity contribution in [3.05, 3.63) is 96.5 Å². The number of nitro benzene ring substituents is 1. The highest BCUT2D eigenvalue weighted by Gasteiger charge is 2.33. The van der Waals surface area contributed by atoms with E-state index < -0.39 is 34.0 Å². The Balaban J connectivity index is 1.90. The number of rotatable bonds is 6. The molecule has 0 aliphatic heterocycles. The van der Waals surface area contributed by atoms with Crippen LogP contribution in [-0.4, -0.2) is 10.8 Å². The quantitative estimate of drug-likeness (QED) is 0.144. The molecule has 0 atom stereocenters. The molecule has 0 fully saturated rings. The number of nitro groups is 1. The Hall–Kier alpha value is -3.78. The minimum Gasteiger partial charge on any atom is -0.447 e. The van der Waals surface area contributed by atoms with Crippen molar-refractivity contribution in [1.82, 2.24) is 0 Å². The standard InChI is InChI=1S/C23H11Cl3F3N3O4/c24-15-2-4-16(5-3-15)31-22(33)13(11-30)7-12-8-17(25)21(18(26)9-12)36-20-6-1-14(23(27,28)29)10-19(20)32(34)35/h1-10H,(H,31,33)/b13-7+. The van der Waals surface area contributed by atoms with Gasteiger partial charge in [-0.05, 0) is 60.2 Å². The van der Waals surface area contributed by atoms with E-state index in [4.69, 9.17) is 39.5 Å². The molecule has 0 radical (unpaired) electrons. The molecular weight excluding hydrogens is 546 g/mol. The normalized spacial score (nSPS) is 11.5. The van der Waals surface area contributed by atoms with Crippen LogP contribution in [0, 0.1) is 21.4 Å². The summed E-state index contributed by atoms with van der Waals surface area (Å²) < 4.78 is 44.1. The van der Waals surface area contributed by atoms with E-state index in [9.17, 15) is 33.3 Å². The average molecular weight is 557 g/mol. The molecule has 36 heavy (non-hydrogen) atoms. The molecule has 0 saturated carbocycles. The Labute approximate surface area is 216 Å². The Bertz CT molecular complexity index is 1400. The van der Waals surface area contributed by atoms with Gasteiger partial charge in [0.25, 0.3) is 5.91 Å². The lowest BCUT2D eigenvalue weighted by Gasteiger charge is -2.12. The molecule has 1 amide bonds. The second-order valence-electron chi connectivity index (χ2n) is 6.98. The van der Waals surface area contributed by atoms with Crippen molar-refractivity contribution in [2.45, 2.75) is 6.18 Å². The van der Waals surface area contributed by atoms with E-state index in [-0.39, 0.29) is 26.9 Å². The van der Waals surface area contributed by atoms with Gasteiger partial charge in [-0.2, -0.15) is 18.4 Å². The van der Waals surface area contributed by atoms with E-state index in [1.54, 1.807) is 18.2 Å². The van der Waals surface area contributed by atoms with Crippen molar-refractivity contribution < 1.29 is 27.6 Å². The summed E-state index contributed by atoms with van der Waals surface area (Å²) in [5.41, 5.74) is -1.89. The molecule has 0 bridgehead atoms. The summed E-state index contributed by atoms with van der Waals surface area (Å²) in [4.78, 5) is 22.7. The fourth-order valence-corrected chi connectivity index (χ4v) is 3.55. The van der Waals surface area contributed by atoms with Crippen LogP contribution in [0.5, 0.6) is 11.5 Å². The molecule has 0 unspecified atom stereocenters. The van der Waals surface area contributed by atoms with Crippen LogP contribution < -0.4 is 10.1 Å². The van der Waals surface area contributed by atoms with Crippen LogP contribution in [0.2, 0.25) is 15.1 Å². The topological polar surface area (TPSA) is 105 Å². The third kappa shape index (κ3) is 6.46. The zero-order chi connectivity index (χ0) is 26.6. The van der Waals surface area contributed by atoms with Gasteiger partial charge in [-0.25, -0.2) is 0 Å². The van der Waals surface area contributed by atoms with Crippen molar-refractivity contribution >= 4 is 58.2 Å². The average Bonchev–Trinajstić information content (AvgIpc) is 2.80. The first-order valence-electron chi connectivity index (χ1n) is 9.60. The maximum absolute atomic E-state index is 12.9. The van der Waals surface area contributed by atoms with Crippen LogP contribution in [0.1, 0.15) is 11.1 Å². The van der Waals surface area contributed by atoms with Crippen molar-refractivity contribution in [2.24, 2.45) is 0 Å². The molecule has 13 heteroatoms. The van der Waals surface area contributed by atoms with Gasteiger partial charge in [-0.3, -0.25) is 14.9 Å². The molecule has 0 aliphatic rings. The Kier molecular flexibility index (Phi) is 8.10. The number of carbonyl (C=O) groups excluding carboxylic acids is 1. The summed E-state index contributed by atoms with van der Waals surface area (Å²) in [5, 5.41) is 23.3. The third-order valence-corrected chi connectivity index (χ3v) is 5.31. The molecule has 0 aliphatic carbocycles. The van der Waals surface area contributed by atoms with Crippen molar-refractivity contribution in [2.75, 3.05) is 5.32 Å². The number of alkyl halides is 3. The summed E-state index contributed by atoms with van der Waals surface area (Å²) in [7, 11) is 0. The van der Waals surface area contributed by atoms with Crippen molar-refractivity contribution in [3.63, 3.8) is 0 Å². The lowest BCUT2D eigenvalue weighted by molar-refractivity contribution is -0.385.